The van der Waals surface area contributed by atoms with Crippen molar-refractivity contribution in [3.05, 3.63) is 62.3 Å². The summed E-state index contributed by atoms with van der Waals surface area (Å²) in [5, 5.41) is 32.8. The summed E-state index contributed by atoms with van der Waals surface area (Å²) in [4.78, 5) is 35.2. The number of rotatable bonds is 4. The molecule has 0 unspecified atom stereocenters. The molecule has 0 aliphatic carbocycles. The number of pyridine rings is 1. The minimum absolute atomic E-state index is 0.102. The second kappa shape index (κ2) is 5.83. The summed E-state index contributed by atoms with van der Waals surface area (Å²) in [6.45, 7) is 0. The highest BCUT2D eigenvalue weighted by Gasteiger charge is 2.15. The second-order valence-corrected chi connectivity index (χ2v) is 4.08. The Morgan fingerprint density at radius 3 is 2.18 bits per heavy atom. The van der Waals surface area contributed by atoms with Crippen LogP contribution in [-0.4, -0.2) is 25.8 Å². The molecule has 0 aliphatic rings. The Morgan fingerprint density at radius 1 is 1.09 bits per heavy atom. The molecular formula is C12H8N4O6. The van der Waals surface area contributed by atoms with Crippen molar-refractivity contribution < 1.29 is 19.7 Å². The number of benzene rings is 1. The highest BCUT2D eigenvalue weighted by Crippen LogP contribution is 2.25. The van der Waals surface area contributed by atoms with Crippen molar-refractivity contribution in [1.29, 1.82) is 0 Å². The number of non-ortho nitro benzene ring substituents is 1. The van der Waals surface area contributed by atoms with Crippen LogP contribution in [0.3, 0.4) is 0 Å². The van der Waals surface area contributed by atoms with E-state index in [9.17, 15) is 30.1 Å². The van der Waals surface area contributed by atoms with Gasteiger partial charge in [-0.15, -0.1) is 0 Å². The Balaban J connectivity index is 2.18. The van der Waals surface area contributed by atoms with Crippen LogP contribution in [0.25, 0.3) is 0 Å². The zero-order valence-corrected chi connectivity index (χ0v) is 10.8. The van der Waals surface area contributed by atoms with Gasteiger partial charge in [0.1, 0.15) is 6.20 Å². The van der Waals surface area contributed by atoms with Crippen LogP contribution >= 0.6 is 0 Å². The summed E-state index contributed by atoms with van der Waals surface area (Å²) in [7, 11) is 0. The molecule has 2 aromatic rings. The van der Waals surface area contributed by atoms with E-state index in [-0.39, 0.29) is 17.1 Å². The van der Waals surface area contributed by atoms with Gasteiger partial charge in [0, 0.05) is 17.7 Å². The third kappa shape index (κ3) is 3.12. The van der Waals surface area contributed by atoms with Crippen molar-refractivity contribution in [3.63, 3.8) is 0 Å². The van der Waals surface area contributed by atoms with E-state index in [1.165, 1.54) is 12.1 Å². The fraction of sp³-hybridized carbons (Fsp3) is 0. The average molecular weight is 304 g/mol. The summed E-state index contributed by atoms with van der Waals surface area (Å²) in [5.41, 5.74) is -0.496. The molecule has 1 aromatic heterocycles. The summed E-state index contributed by atoms with van der Waals surface area (Å²) in [5.74, 6) is -1.50. The van der Waals surface area contributed by atoms with Crippen LogP contribution in [0.5, 0.6) is 5.75 Å². The van der Waals surface area contributed by atoms with Gasteiger partial charge >= 0.3 is 0 Å². The first-order valence-corrected chi connectivity index (χ1v) is 5.77. The normalized spacial score (nSPS) is 10.0. The Kier molecular flexibility index (Phi) is 3.93. The predicted octanol–water partition coefficient (Wildman–Crippen LogP) is 1.86. The quantitative estimate of drug-likeness (QED) is 0.646. The number of amides is 1. The summed E-state index contributed by atoms with van der Waals surface area (Å²) in [6.07, 6.45) is 0.880. The Labute approximate surface area is 122 Å². The van der Waals surface area contributed by atoms with Crippen molar-refractivity contribution >= 4 is 23.1 Å². The zero-order chi connectivity index (χ0) is 16.3. The van der Waals surface area contributed by atoms with Crippen LogP contribution < -0.4 is 5.32 Å². The largest absolute Gasteiger partial charge is 0.504 e. The van der Waals surface area contributed by atoms with Gasteiger partial charge in [-0.2, -0.15) is 0 Å². The number of carbonyl (C=O) groups is 1. The molecule has 10 nitrogen and oxygen atoms in total. The summed E-state index contributed by atoms with van der Waals surface area (Å²) >= 11 is 0. The van der Waals surface area contributed by atoms with Gasteiger partial charge in [0.05, 0.1) is 15.9 Å². The van der Waals surface area contributed by atoms with Crippen LogP contribution in [0.2, 0.25) is 0 Å². The van der Waals surface area contributed by atoms with E-state index in [0.717, 1.165) is 24.4 Å². The van der Waals surface area contributed by atoms with Gasteiger partial charge in [-0.3, -0.25) is 25.0 Å². The lowest BCUT2D eigenvalue weighted by molar-refractivity contribution is -0.385. The van der Waals surface area contributed by atoms with Gasteiger partial charge in [-0.05, 0) is 12.1 Å². The van der Waals surface area contributed by atoms with Crippen LogP contribution in [0, 0.1) is 20.2 Å². The van der Waals surface area contributed by atoms with E-state index >= 15 is 0 Å². The molecule has 0 radical (unpaired) electrons. The fourth-order valence-electron chi connectivity index (χ4n) is 1.55. The Bertz CT molecular complexity index is 759. The van der Waals surface area contributed by atoms with Gasteiger partial charge in [-0.1, -0.05) is 0 Å². The summed E-state index contributed by atoms with van der Waals surface area (Å²) < 4.78 is 0. The molecule has 1 heterocycles. The van der Waals surface area contributed by atoms with E-state index in [2.05, 4.69) is 10.3 Å². The molecule has 0 atom stereocenters. The maximum Gasteiger partial charge on any atom is 0.291 e. The number of aromatic nitrogens is 1. The van der Waals surface area contributed by atoms with E-state index in [1.807, 2.05) is 0 Å². The fourth-order valence-corrected chi connectivity index (χ4v) is 1.55. The van der Waals surface area contributed by atoms with Crippen LogP contribution in [0.1, 0.15) is 10.4 Å². The smallest absolute Gasteiger partial charge is 0.291 e. The minimum Gasteiger partial charge on any atom is -0.504 e. The average Bonchev–Trinajstić information content (AvgIpc) is 2.49. The topological polar surface area (TPSA) is 148 Å². The first-order chi connectivity index (χ1) is 10.4. The molecule has 0 aliphatic heterocycles. The first-order valence-electron chi connectivity index (χ1n) is 5.77. The lowest BCUT2D eigenvalue weighted by atomic mass is 10.2. The maximum atomic E-state index is 11.9. The number of nitro benzene ring substituents is 1. The highest BCUT2D eigenvalue weighted by atomic mass is 16.6. The second-order valence-electron chi connectivity index (χ2n) is 4.08. The first kappa shape index (κ1) is 14.8. The molecule has 0 saturated carbocycles. The number of hydrogen-bond donors (Lipinski definition) is 2. The molecule has 1 amide bonds. The molecular weight excluding hydrogens is 296 g/mol. The van der Waals surface area contributed by atoms with Crippen molar-refractivity contribution in [3.8, 4) is 5.75 Å². The van der Waals surface area contributed by atoms with Crippen molar-refractivity contribution in [2.75, 3.05) is 5.32 Å². The third-order valence-electron chi connectivity index (χ3n) is 2.64. The maximum absolute atomic E-state index is 11.9. The van der Waals surface area contributed by atoms with Crippen LogP contribution in [-0.2, 0) is 0 Å². The van der Waals surface area contributed by atoms with E-state index in [0.29, 0.717) is 0 Å². The lowest BCUT2D eigenvalue weighted by Gasteiger charge is -2.06. The Hall–Kier alpha value is -3.56. The summed E-state index contributed by atoms with van der Waals surface area (Å²) in [6, 6.07) is 5.61. The van der Waals surface area contributed by atoms with Gasteiger partial charge in [-0.25, -0.2) is 4.98 Å². The lowest BCUT2D eigenvalue weighted by Crippen LogP contribution is -2.13. The molecule has 0 fully saturated rings. The molecule has 2 rings (SSSR count). The molecule has 0 saturated heterocycles. The Morgan fingerprint density at radius 2 is 1.68 bits per heavy atom. The molecule has 0 spiro atoms. The van der Waals surface area contributed by atoms with E-state index in [4.69, 9.17) is 0 Å². The number of anilines is 1. The number of aromatic hydroxyl groups is 1. The molecule has 2 N–H and O–H groups in total. The van der Waals surface area contributed by atoms with Crippen molar-refractivity contribution in [2.45, 2.75) is 0 Å². The molecule has 0 bridgehead atoms. The zero-order valence-electron chi connectivity index (χ0n) is 10.8. The molecule has 22 heavy (non-hydrogen) atoms. The monoisotopic (exact) mass is 304 g/mol. The molecule has 10 heteroatoms. The SMILES string of the molecule is O=C(Nc1ncc([N+](=O)[O-])cc1O)c1ccc([N+](=O)[O-])cc1. The third-order valence-corrected chi connectivity index (χ3v) is 2.64. The highest BCUT2D eigenvalue weighted by molar-refractivity contribution is 6.04. The van der Waals surface area contributed by atoms with E-state index in [1.54, 1.807) is 0 Å². The molecule has 112 valence electrons. The number of nitrogens with zero attached hydrogens (tertiary/aromatic N) is 3. The van der Waals surface area contributed by atoms with Gasteiger partial charge in [0.2, 0.25) is 0 Å². The number of carbonyl (C=O) groups excluding carboxylic acids is 1. The molecule has 1 aromatic carbocycles. The number of hydrogen-bond acceptors (Lipinski definition) is 7. The van der Waals surface area contributed by atoms with Crippen molar-refractivity contribution in [2.24, 2.45) is 0 Å². The van der Waals surface area contributed by atoms with Crippen LogP contribution in [0.4, 0.5) is 17.2 Å². The van der Waals surface area contributed by atoms with E-state index < -0.39 is 27.2 Å². The number of nitro groups is 2. The minimum atomic E-state index is -0.741. The van der Waals surface area contributed by atoms with Crippen LogP contribution in [0.15, 0.2) is 36.5 Å². The van der Waals surface area contributed by atoms with Gasteiger partial charge in [0.25, 0.3) is 17.3 Å². The van der Waals surface area contributed by atoms with Gasteiger partial charge in [0.15, 0.2) is 11.6 Å². The predicted molar refractivity (Wildman–Crippen MR) is 73.6 cm³/mol. The van der Waals surface area contributed by atoms with Gasteiger partial charge < -0.3 is 10.4 Å². The number of nitrogens with one attached hydrogen (secondary N) is 1. The standard InChI is InChI=1S/C12H8N4O6/c17-10-5-9(16(21)22)6-13-11(10)14-12(18)7-1-3-8(4-2-7)15(19)20/h1-6,17H,(H,13,14,18). The van der Waals surface area contributed by atoms with Crippen molar-refractivity contribution in [1.82, 2.24) is 4.98 Å².